The Hall–Kier alpha value is -4.97. The predicted octanol–water partition coefficient (Wildman–Crippen LogP) is 4.09. The van der Waals surface area contributed by atoms with Crippen molar-refractivity contribution in [2.75, 3.05) is 20.8 Å². The Morgan fingerprint density at radius 1 is 0.975 bits per heavy atom. The van der Waals surface area contributed by atoms with Gasteiger partial charge in [0.05, 0.1) is 37.9 Å². The molecule has 1 atom stereocenters. The zero-order chi connectivity index (χ0) is 28.6. The van der Waals surface area contributed by atoms with Crippen molar-refractivity contribution in [3.05, 3.63) is 105 Å². The number of carbonyl (C=O) groups is 1. The third kappa shape index (κ3) is 6.35. The van der Waals surface area contributed by atoms with E-state index in [2.05, 4.69) is 10.3 Å². The molecular weight excluding hydrogens is 520 g/mol. The monoisotopic (exact) mass is 548 g/mol. The van der Waals surface area contributed by atoms with Gasteiger partial charge in [0.15, 0.2) is 5.69 Å². The third-order valence-electron chi connectivity index (χ3n) is 6.05. The van der Waals surface area contributed by atoms with Crippen molar-refractivity contribution in [2.45, 2.75) is 26.2 Å². The molecule has 0 radical (unpaired) electrons. The summed E-state index contributed by atoms with van der Waals surface area (Å²) in [6.07, 6.45) is -1.66. The van der Waals surface area contributed by atoms with Gasteiger partial charge in [0.1, 0.15) is 35.7 Å². The molecule has 208 valence electrons. The molecule has 1 N–H and O–H groups in total. The number of ether oxygens (including phenoxy) is 4. The van der Waals surface area contributed by atoms with E-state index in [4.69, 9.17) is 18.9 Å². The minimum atomic E-state index is -1.66. The Labute approximate surface area is 229 Å². The van der Waals surface area contributed by atoms with Gasteiger partial charge in [-0.3, -0.25) is 10.1 Å². The number of aliphatic hydroxyl groups is 1. The molecule has 4 rings (SSSR count). The molecule has 12 heteroatoms. The number of methoxy groups -OCH3 is 2. The number of aromatic nitrogens is 3. The van der Waals surface area contributed by atoms with Gasteiger partial charge in [0.2, 0.25) is 0 Å². The first kappa shape index (κ1) is 28.0. The first-order valence-corrected chi connectivity index (χ1v) is 12.3. The normalized spacial score (nSPS) is 11.5. The number of nitrogens with zero attached hydrogens (tertiary/aromatic N) is 4. The van der Waals surface area contributed by atoms with Crippen LogP contribution in [0.4, 0.5) is 5.69 Å². The highest BCUT2D eigenvalue weighted by Gasteiger charge is 2.32. The molecule has 12 nitrogen and oxygen atoms in total. The van der Waals surface area contributed by atoms with E-state index in [9.17, 15) is 20.0 Å². The summed E-state index contributed by atoms with van der Waals surface area (Å²) in [7, 11) is 3.12. The lowest BCUT2D eigenvalue weighted by Gasteiger charge is -2.16. The van der Waals surface area contributed by atoms with Gasteiger partial charge in [-0.1, -0.05) is 29.5 Å². The summed E-state index contributed by atoms with van der Waals surface area (Å²) in [4.78, 5) is 24.0. The predicted molar refractivity (Wildman–Crippen MR) is 143 cm³/mol. The lowest BCUT2D eigenvalue weighted by atomic mass is 10.0. The largest absolute Gasteiger partial charge is 0.497 e. The number of aliphatic hydroxyl groups excluding tert-OH is 1. The van der Waals surface area contributed by atoms with E-state index in [-0.39, 0.29) is 48.1 Å². The van der Waals surface area contributed by atoms with Gasteiger partial charge >= 0.3 is 5.97 Å². The smallest absolute Gasteiger partial charge is 0.360 e. The lowest BCUT2D eigenvalue weighted by molar-refractivity contribution is -0.386. The Balaban J connectivity index is 1.70. The van der Waals surface area contributed by atoms with Crippen LogP contribution in [-0.4, -0.2) is 51.8 Å². The van der Waals surface area contributed by atoms with Crippen LogP contribution in [0.15, 0.2) is 66.7 Å². The molecule has 4 aromatic rings. The quantitative estimate of drug-likeness (QED) is 0.156. The molecule has 0 spiro atoms. The van der Waals surface area contributed by atoms with Crippen LogP contribution in [0, 0.1) is 10.1 Å². The van der Waals surface area contributed by atoms with E-state index in [0.717, 1.165) is 11.1 Å². The van der Waals surface area contributed by atoms with Crippen molar-refractivity contribution in [3.63, 3.8) is 0 Å². The summed E-state index contributed by atoms with van der Waals surface area (Å²) >= 11 is 0. The molecule has 0 aliphatic carbocycles. The average Bonchev–Trinajstić information content (AvgIpc) is 3.39. The molecule has 1 heterocycles. The standard InChI is InChI=1S/C28H28N4O8/c1-4-39-28(34)25-26(31(30-29-25)16-18-5-9-20(37-2)10-6-18)27(33)23-15-22(13-14-24(23)32(35)36)40-17-19-7-11-21(38-3)12-8-19/h5-15,27,33H,4,16-17H2,1-3H3. The molecule has 0 saturated heterocycles. The fourth-order valence-corrected chi connectivity index (χ4v) is 4.00. The second-order valence-electron chi connectivity index (χ2n) is 8.57. The van der Waals surface area contributed by atoms with Gasteiger partial charge < -0.3 is 24.1 Å². The van der Waals surface area contributed by atoms with E-state index in [1.807, 2.05) is 12.1 Å². The first-order chi connectivity index (χ1) is 19.3. The molecule has 3 aromatic carbocycles. The third-order valence-corrected chi connectivity index (χ3v) is 6.05. The van der Waals surface area contributed by atoms with Crippen molar-refractivity contribution in [3.8, 4) is 17.2 Å². The SMILES string of the molecule is CCOC(=O)c1nnn(Cc2ccc(OC)cc2)c1C(O)c1cc(OCc2ccc(OC)cc2)ccc1[N+](=O)[O-]. The van der Waals surface area contributed by atoms with Crippen molar-refractivity contribution in [2.24, 2.45) is 0 Å². The van der Waals surface area contributed by atoms with Crippen molar-refractivity contribution in [1.82, 2.24) is 15.0 Å². The lowest BCUT2D eigenvalue weighted by Crippen LogP contribution is -2.17. The highest BCUT2D eigenvalue weighted by molar-refractivity contribution is 5.88. The molecule has 0 saturated carbocycles. The van der Waals surface area contributed by atoms with Crippen LogP contribution in [0.1, 0.15) is 45.9 Å². The summed E-state index contributed by atoms with van der Waals surface area (Å²) in [5.41, 5.74) is 0.844. The second-order valence-corrected chi connectivity index (χ2v) is 8.57. The average molecular weight is 549 g/mol. The zero-order valence-corrected chi connectivity index (χ0v) is 22.1. The van der Waals surface area contributed by atoms with Crippen molar-refractivity contribution < 1.29 is 33.8 Å². The highest BCUT2D eigenvalue weighted by atomic mass is 16.6. The van der Waals surface area contributed by atoms with Crippen LogP contribution >= 0.6 is 0 Å². The number of benzene rings is 3. The van der Waals surface area contributed by atoms with Crippen molar-refractivity contribution in [1.29, 1.82) is 0 Å². The minimum absolute atomic E-state index is 0.0512. The van der Waals surface area contributed by atoms with Crippen LogP contribution in [0.2, 0.25) is 0 Å². The van der Waals surface area contributed by atoms with Gasteiger partial charge in [0, 0.05) is 6.07 Å². The van der Waals surface area contributed by atoms with Gasteiger partial charge in [-0.15, -0.1) is 5.10 Å². The van der Waals surface area contributed by atoms with Crippen molar-refractivity contribution >= 4 is 11.7 Å². The molecule has 0 aliphatic rings. The maximum absolute atomic E-state index is 12.7. The van der Waals surface area contributed by atoms with E-state index in [1.165, 1.54) is 22.9 Å². The van der Waals surface area contributed by atoms with Crippen LogP contribution in [0.25, 0.3) is 0 Å². The number of nitro groups is 1. The topological polar surface area (TPSA) is 148 Å². The molecule has 40 heavy (non-hydrogen) atoms. The van der Waals surface area contributed by atoms with Crippen LogP contribution < -0.4 is 14.2 Å². The van der Waals surface area contributed by atoms with Gasteiger partial charge in [-0.25, -0.2) is 9.48 Å². The zero-order valence-electron chi connectivity index (χ0n) is 22.1. The Morgan fingerprint density at radius 2 is 1.57 bits per heavy atom. The van der Waals surface area contributed by atoms with E-state index >= 15 is 0 Å². The van der Waals surface area contributed by atoms with Crippen LogP contribution in [0.5, 0.6) is 17.2 Å². The summed E-state index contributed by atoms with van der Waals surface area (Å²) in [5, 5.41) is 31.4. The summed E-state index contributed by atoms with van der Waals surface area (Å²) in [5.74, 6) is 0.813. The number of nitro benzene ring substituents is 1. The Bertz CT molecular complexity index is 1470. The van der Waals surface area contributed by atoms with E-state index < -0.39 is 17.0 Å². The molecule has 0 amide bonds. The second kappa shape index (κ2) is 12.7. The number of hydrogen-bond donors (Lipinski definition) is 1. The molecular formula is C28H28N4O8. The molecule has 1 unspecified atom stereocenters. The van der Waals surface area contributed by atoms with Gasteiger partial charge in [-0.2, -0.15) is 0 Å². The maximum atomic E-state index is 12.7. The number of rotatable bonds is 12. The molecule has 0 fully saturated rings. The van der Waals surface area contributed by atoms with E-state index in [0.29, 0.717) is 11.5 Å². The number of carbonyl (C=O) groups excluding carboxylic acids is 1. The maximum Gasteiger partial charge on any atom is 0.360 e. The first-order valence-electron chi connectivity index (χ1n) is 12.3. The Kier molecular flexibility index (Phi) is 8.92. The highest BCUT2D eigenvalue weighted by Crippen LogP contribution is 2.35. The van der Waals surface area contributed by atoms with Gasteiger partial charge in [-0.05, 0) is 54.4 Å². The van der Waals surface area contributed by atoms with E-state index in [1.54, 1.807) is 57.5 Å². The summed E-state index contributed by atoms with van der Waals surface area (Å²) in [6.45, 7) is 1.98. The van der Waals surface area contributed by atoms with Crippen LogP contribution in [-0.2, 0) is 17.9 Å². The summed E-state index contributed by atoms with van der Waals surface area (Å²) in [6, 6.07) is 18.4. The fourth-order valence-electron chi connectivity index (χ4n) is 4.00. The number of esters is 1. The Morgan fingerprint density at radius 3 is 2.15 bits per heavy atom. The van der Waals surface area contributed by atoms with Gasteiger partial charge in [0.25, 0.3) is 5.69 Å². The fraction of sp³-hybridized carbons (Fsp3) is 0.250. The number of hydrogen-bond acceptors (Lipinski definition) is 10. The van der Waals surface area contributed by atoms with Crippen LogP contribution in [0.3, 0.4) is 0 Å². The minimum Gasteiger partial charge on any atom is -0.497 e. The summed E-state index contributed by atoms with van der Waals surface area (Å²) < 4.78 is 22.6. The molecule has 0 bridgehead atoms. The molecule has 0 aliphatic heterocycles. The molecule has 1 aromatic heterocycles.